The van der Waals surface area contributed by atoms with Crippen molar-refractivity contribution in [3.8, 4) is 5.82 Å². The van der Waals surface area contributed by atoms with Crippen molar-refractivity contribution >= 4 is 33.8 Å². The quantitative estimate of drug-likeness (QED) is 0.418. The third-order valence-electron chi connectivity index (χ3n) is 3.69. The van der Waals surface area contributed by atoms with E-state index in [0.717, 1.165) is 16.6 Å². The molecule has 0 unspecified atom stereocenters. The van der Waals surface area contributed by atoms with E-state index in [1.807, 2.05) is 10.9 Å². The SMILES string of the molecule is Cc1cc2[nH]c[n+](-c3nc(Cl)nc4nc[nH]c34)c2cc1C. The van der Waals surface area contributed by atoms with Crippen molar-refractivity contribution in [2.75, 3.05) is 0 Å². The van der Waals surface area contributed by atoms with Gasteiger partial charge < -0.3 is 4.98 Å². The Morgan fingerprint density at radius 3 is 2.76 bits per heavy atom. The molecule has 0 aliphatic carbocycles. The van der Waals surface area contributed by atoms with Crippen LogP contribution in [0.3, 0.4) is 0 Å². The van der Waals surface area contributed by atoms with Gasteiger partial charge in [0.25, 0.3) is 5.82 Å². The van der Waals surface area contributed by atoms with Crippen molar-refractivity contribution in [2.24, 2.45) is 0 Å². The molecule has 104 valence electrons. The first kappa shape index (κ1) is 12.3. The van der Waals surface area contributed by atoms with E-state index < -0.39 is 0 Å². The van der Waals surface area contributed by atoms with Gasteiger partial charge in [0.1, 0.15) is 11.0 Å². The topological polar surface area (TPSA) is 74.1 Å². The lowest BCUT2D eigenvalue weighted by Gasteiger charge is -2.00. The van der Waals surface area contributed by atoms with Gasteiger partial charge in [0.15, 0.2) is 17.5 Å². The molecule has 1 aromatic carbocycles. The Hall–Kier alpha value is -2.47. The monoisotopic (exact) mass is 299 g/mol. The summed E-state index contributed by atoms with van der Waals surface area (Å²) < 4.78 is 1.95. The Bertz CT molecular complexity index is 984. The zero-order valence-corrected chi connectivity index (χ0v) is 12.2. The van der Waals surface area contributed by atoms with Crippen LogP contribution >= 0.6 is 11.6 Å². The molecule has 0 radical (unpaired) electrons. The smallest absolute Gasteiger partial charge is 0.301 e. The van der Waals surface area contributed by atoms with Crippen molar-refractivity contribution in [1.29, 1.82) is 0 Å². The minimum Gasteiger partial charge on any atom is -0.338 e. The summed E-state index contributed by atoms with van der Waals surface area (Å²) >= 11 is 6.01. The van der Waals surface area contributed by atoms with E-state index in [1.54, 1.807) is 6.33 Å². The molecule has 4 rings (SSSR count). The van der Waals surface area contributed by atoms with Crippen LogP contribution in [0.2, 0.25) is 5.28 Å². The minimum atomic E-state index is 0.176. The molecule has 0 atom stereocenters. The molecule has 3 aromatic heterocycles. The number of nitrogens with one attached hydrogen (secondary N) is 2. The van der Waals surface area contributed by atoms with Gasteiger partial charge in [-0.05, 0) is 48.7 Å². The fraction of sp³-hybridized carbons (Fsp3) is 0.143. The lowest BCUT2D eigenvalue weighted by molar-refractivity contribution is -0.569. The van der Waals surface area contributed by atoms with Crippen LogP contribution in [-0.2, 0) is 0 Å². The Morgan fingerprint density at radius 2 is 1.90 bits per heavy atom. The van der Waals surface area contributed by atoms with Gasteiger partial charge in [0.2, 0.25) is 0 Å². The molecule has 0 saturated carbocycles. The zero-order valence-electron chi connectivity index (χ0n) is 11.5. The number of hydrogen-bond donors (Lipinski definition) is 2. The molecule has 4 aromatic rings. The van der Waals surface area contributed by atoms with Crippen LogP contribution in [0.15, 0.2) is 24.8 Å². The standard InChI is InChI=1S/C14H11ClN6/c1-7-3-9-10(4-8(7)2)21(6-18-9)13-11-12(17-5-16-11)19-14(15)20-13/h3-6H,1-2H3,(H,16,17,19,20)/p+1. The number of aryl methyl sites for hydroxylation is 2. The number of halogens is 1. The summed E-state index contributed by atoms with van der Waals surface area (Å²) in [6, 6.07) is 4.24. The maximum Gasteiger partial charge on any atom is 0.301 e. The molecule has 0 aliphatic heterocycles. The average molecular weight is 300 g/mol. The van der Waals surface area contributed by atoms with Gasteiger partial charge in [-0.1, -0.05) is 4.98 Å². The number of aromatic amines is 2. The van der Waals surface area contributed by atoms with Gasteiger partial charge >= 0.3 is 5.28 Å². The second kappa shape index (κ2) is 4.26. The van der Waals surface area contributed by atoms with Crippen molar-refractivity contribution in [2.45, 2.75) is 13.8 Å². The summed E-state index contributed by atoms with van der Waals surface area (Å²) in [6.45, 7) is 4.18. The van der Waals surface area contributed by atoms with Gasteiger partial charge in [0.05, 0.1) is 6.33 Å². The predicted octanol–water partition coefficient (Wildman–Crippen LogP) is 2.38. The molecule has 0 aliphatic rings. The normalized spacial score (nSPS) is 11.6. The van der Waals surface area contributed by atoms with E-state index >= 15 is 0 Å². The average Bonchev–Trinajstić information content (AvgIpc) is 3.05. The van der Waals surface area contributed by atoms with Crippen molar-refractivity contribution in [3.63, 3.8) is 0 Å². The summed E-state index contributed by atoms with van der Waals surface area (Å²) in [4.78, 5) is 18.9. The second-order valence-electron chi connectivity index (χ2n) is 5.01. The van der Waals surface area contributed by atoms with Gasteiger partial charge in [-0.25, -0.2) is 4.98 Å². The van der Waals surface area contributed by atoms with E-state index in [-0.39, 0.29) is 5.28 Å². The summed E-state index contributed by atoms with van der Waals surface area (Å²) in [6.07, 6.45) is 3.45. The van der Waals surface area contributed by atoms with Crippen molar-refractivity contribution in [1.82, 2.24) is 24.9 Å². The lowest BCUT2D eigenvalue weighted by Crippen LogP contribution is -2.30. The zero-order chi connectivity index (χ0) is 14.6. The molecule has 6 nitrogen and oxygen atoms in total. The van der Waals surface area contributed by atoms with E-state index in [1.165, 1.54) is 11.1 Å². The van der Waals surface area contributed by atoms with E-state index in [0.29, 0.717) is 11.5 Å². The molecule has 0 saturated heterocycles. The highest BCUT2D eigenvalue weighted by atomic mass is 35.5. The summed E-state index contributed by atoms with van der Waals surface area (Å²) in [5.74, 6) is 0.678. The number of benzene rings is 1. The molecule has 0 bridgehead atoms. The third kappa shape index (κ3) is 1.80. The fourth-order valence-electron chi connectivity index (χ4n) is 2.46. The molecule has 0 fully saturated rings. The first-order chi connectivity index (χ1) is 10.1. The van der Waals surface area contributed by atoms with Crippen LogP contribution in [0, 0.1) is 13.8 Å². The Kier molecular flexibility index (Phi) is 2.49. The first-order valence-electron chi connectivity index (χ1n) is 6.50. The Labute approximate surface area is 124 Å². The highest BCUT2D eigenvalue weighted by Gasteiger charge is 2.20. The Balaban J connectivity index is 2.09. The maximum atomic E-state index is 6.01. The predicted molar refractivity (Wildman–Crippen MR) is 79.6 cm³/mol. The second-order valence-corrected chi connectivity index (χ2v) is 5.35. The summed E-state index contributed by atoms with van der Waals surface area (Å²) in [5, 5.41) is 0.176. The largest absolute Gasteiger partial charge is 0.338 e. The summed E-state index contributed by atoms with van der Waals surface area (Å²) in [5.41, 5.74) is 5.84. The number of nitrogens with zero attached hydrogens (tertiary/aromatic N) is 4. The van der Waals surface area contributed by atoms with E-state index in [2.05, 4.69) is 50.9 Å². The number of aromatic nitrogens is 6. The number of H-pyrrole nitrogens is 2. The Morgan fingerprint density at radius 1 is 1.10 bits per heavy atom. The molecular weight excluding hydrogens is 288 g/mol. The van der Waals surface area contributed by atoms with E-state index in [9.17, 15) is 0 Å². The lowest BCUT2D eigenvalue weighted by atomic mass is 10.1. The molecule has 2 N–H and O–H groups in total. The van der Waals surface area contributed by atoms with Crippen LogP contribution in [-0.4, -0.2) is 24.9 Å². The van der Waals surface area contributed by atoms with Crippen LogP contribution in [0.4, 0.5) is 0 Å². The molecular formula is C14H12ClN6+. The first-order valence-corrected chi connectivity index (χ1v) is 6.88. The summed E-state index contributed by atoms with van der Waals surface area (Å²) in [7, 11) is 0. The number of hydrogen-bond acceptors (Lipinski definition) is 3. The molecule has 21 heavy (non-hydrogen) atoms. The van der Waals surface area contributed by atoms with Crippen LogP contribution in [0.1, 0.15) is 11.1 Å². The maximum absolute atomic E-state index is 6.01. The minimum absolute atomic E-state index is 0.176. The number of fused-ring (bicyclic) bond motifs is 2. The van der Waals surface area contributed by atoms with Crippen LogP contribution in [0.25, 0.3) is 28.0 Å². The highest BCUT2D eigenvalue weighted by Crippen LogP contribution is 2.19. The van der Waals surface area contributed by atoms with Crippen molar-refractivity contribution in [3.05, 3.63) is 41.2 Å². The van der Waals surface area contributed by atoms with Gasteiger partial charge in [0, 0.05) is 0 Å². The molecule has 0 amide bonds. The van der Waals surface area contributed by atoms with Gasteiger partial charge in [-0.2, -0.15) is 9.55 Å². The molecule has 3 heterocycles. The van der Waals surface area contributed by atoms with Crippen molar-refractivity contribution < 1.29 is 4.57 Å². The van der Waals surface area contributed by atoms with Crippen LogP contribution in [0.5, 0.6) is 0 Å². The van der Waals surface area contributed by atoms with Crippen LogP contribution < -0.4 is 4.57 Å². The highest BCUT2D eigenvalue weighted by molar-refractivity contribution is 6.28. The van der Waals surface area contributed by atoms with Gasteiger partial charge in [-0.3, -0.25) is 4.98 Å². The van der Waals surface area contributed by atoms with E-state index in [4.69, 9.17) is 11.6 Å². The fourth-order valence-corrected chi connectivity index (χ4v) is 2.62. The number of rotatable bonds is 1. The molecule has 0 spiro atoms. The molecule has 7 heteroatoms. The number of imidazole rings is 2. The third-order valence-corrected chi connectivity index (χ3v) is 3.86. The van der Waals surface area contributed by atoms with Gasteiger partial charge in [-0.15, -0.1) is 0 Å².